The number of hydrogen-bond acceptors (Lipinski definition) is 5. The summed E-state index contributed by atoms with van der Waals surface area (Å²) in [4.78, 5) is 7.17. The van der Waals surface area contributed by atoms with Gasteiger partial charge in [-0.05, 0) is 56.1 Å². The van der Waals surface area contributed by atoms with Crippen LogP contribution in [-0.2, 0) is 6.42 Å². The van der Waals surface area contributed by atoms with Gasteiger partial charge >= 0.3 is 0 Å². The molecular formula is C24H28N2O2S. The summed E-state index contributed by atoms with van der Waals surface area (Å²) in [5, 5.41) is 11.7. The summed E-state index contributed by atoms with van der Waals surface area (Å²) >= 11 is 1.82. The molecule has 1 N–H and O–H groups in total. The number of fused-ring (bicyclic) bond motifs is 1. The Morgan fingerprint density at radius 1 is 1.17 bits per heavy atom. The van der Waals surface area contributed by atoms with Gasteiger partial charge in [0.1, 0.15) is 18.5 Å². The number of aliphatic hydroxyl groups excluding tert-OH is 1. The molecule has 4 nitrogen and oxygen atoms in total. The van der Waals surface area contributed by atoms with Crippen molar-refractivity contribution in [3.63, 3.8) is 0 Å². The van der Waals surface area contributed by atoms with E-state index in [2.05, 4.69) is 29.7 Å². The van der Waals surface area contributed by atoms with Crippen LogP contribution in [0.2, 0.25) is 0 Å². The van der Waals surface area contributed by atoms with E-state index in [1.807, 2.05) is 47.7 Å². The molecule has 1 aromatic heterocycles. The number of thiazole rings is 1. The van der Waals surface area contributed by atoms with Crippen LogP contribution in [0, 0.1) is 0 Å². The standard InChI is InChI=1S/C24H28N2O2S/c1-2-7-18-8-3-5-10-22(18)28-17-20(27)16-26-14-12-19(13-15-26)24-25-21-9-4-6-11-23(21)29-24/h2-6,8-11,19-20,27H,1,7,12-17H2. The van der Waals surface area contributed by atoms with Crippen molar-refractivity contribution in [2.45, 2.75) is 31.3 Å². The maximum absolute atomic E-state index is 10.5. The van der Waals surface area contributed by atoms with Crippen LogP contribution in [0.1, 0.15) is 29.3 Å². The molecule has 5 heteroatoms. The molecule has 0 spiro atoms. The van der Waals surface area contributed by atoms with Crippen molar-refractivity contribution in [2.24, 2.45) is 0 Å². The number of ether oxygens (including phenoxy) is 1. The first-order chi connectivity index (χ1) is 14.2. The molecule has 29 heavy (non-hydrogen) atoms. The lowest BCUT2D eigenvalue weighted by atomic mass is 9.97. The lowest BCUT2D eigenvalue weighted by Crippen LogP contribution is -2.40. The fourth-order valence-electron chi connectivity index (χ4n) is 3.93. The molecule has 1 saturated heterocycles. The fourth-order valence-corrected chi connectivity index (χ4v) is 5.07. The Morgan fingerprint density at radius 2 is 1.93 bits per heavy atom. The summed E-state index contributed by atoms with van der Waals surface area (Å²) in [6, 6.07) is 16.3. The van der Waals surface area contributed by atoms with E-state index in [1.165, 1.54) is 9.71 Å². The first-order valence-electron chi connectivity index (χ1n) is 10.3. The number of benzene rings is 2. The molecular weight excluding hydrogens is 380 g/mol. The van der Waals surface area contributed by atoms with Crippen molar-refractivity contribution < 1.29 is 9.84 Å². The van der Waals surface area contributed by atoms with Crippen molar-refractivity contribution in [1.29, 1.82) is 0 Å². The molecule has 0 aliphatic carbocycles. The van der Waals surface area contributed by atoms with Crippen molar-refractivity contribution >= 4 is 21.6 Å². The topological polar surface area (TPSA) is 45.6 Å². The molecule has 0 bridgehead atoms. The normalized spacial score (nSPS) is 16.7. The Morgan fingerprint density at radius 3 is 2.72 bits per heavy atom. The van der Waals surface area contributed by atoms with Crippen LogP contribution in [0.25, 0.3) is 10.2 Å². The highest BCUT2D eigenvalue weighted by atomic mass is 32.1. The number of hydrogen-bond donors (Lipinski definition) is 1. The lowest BCUT2D eigenvalue weighted by Gasteiger charge is -2.32. The highest BCUT2D eigenvalue weighted by molar-refractivity contribution is 7.18. The first kappa shape index (κ1) is 20.1. The summed E-state index contributed by atoms with van der Waals surface area (Å²) in [5.41, 5.74) is 2.21. The number of piperidine rings is 1. The molecule has 1 fully saturated rings. The predicted octanol–water partition coefficient (Wildman–Crippen LogP) is 4.64. The zero-order chi connectivity index (χ0) is 20.1. The summed E-state index contributed by atoms with van der Waals surface area (Å²) in [7, 11) is 0. The third-order valence-electron chi connectivity index (χ3n) is 5.48. The molecule has 1 aliphatic heterocycles. The van der Waals surface area contributed by atoms with Crippen LogP contribution in [0.5, 0.6) is 5.75 Å². The van der Waals surface area contributed by atoms with Crippen molar-refractivity contribution in [3.8, 4) is 5.75 Å². The number of likely N-dealkylation sites (tertiary alicyclic amines) is 1. The van der Waals surface area contributed by atoms with Crippen LogP contribution in [0.4, 0.5) is 0 Å². The highest BCUT2D eigenvalue weighted by Gasteiger charge is 2.24. The first-order valence-corrected chi connectivity index (χ1v) is 11.1. The molecule has 0 radical (unpaired) electrons. The molecule has 152 valence electrons. The summed E-state index contributed by atoms with van der Waals surface area (Å²) in [6.07, 6.45) is 4.33. The minimum Gasteiger partial charge on any atom is -0.491 e. The van der Waals surface area contributed by atoms with Gasteiger partial charge in [-0.1, -0.05) is 36.4 Å². The van der Waals surface area contributed by atoms with Crippen LogP contribution in [0.3, 0.4) is 0 Å². The summed E-state index contributed by atoms with van der Waals surface area (Å²) in [6.45, 7) is 6.74. The number of aromatic nitrogens is 1. The second-order valence-corrected chi connectivity index (χ2v) is 8.72. The van der Waals surface area contributed by atoms with E-state index in [-0.39, 0.29) is 0 Å². The Bertz CT molecular complexity index is 914. The maximum Gasteiger partial charge on any atom is 0.122 e. The molecule has 3 aromatic rings. The van der Waals surface area contributed by atoms with E-state index in [4.69, 9.17) is 9.72 Å². The van der Waals surface area contributed by atoms with E-state index in [0.29, 0.717) is 19.1 Å². The monoisotopic (exact) mass is 408 g/mol. The fraction of sp³-hybridized carbons (Fsp3) is 0.375. The van der Waals surface area contributed by atoms with Crippen LogP contribution in [0.15, 0.2) is 61.2 Å². The van der Waals surface area contributed by atoms with E-state index < -0.39 is 6.10 Å². The van der Waals surface area contributed by atoms with E-state index in [0.717, 1.165) is 49.2 Å². The SMILES string of the molecule is C=CCc1ccccc1OCC(O)CN1CCC(c2nc3ccccc3s2)CC1. The molecule has 0 saturated carbocycles. The van der Waals surface area contributed by atoms with Gasteiger partial charge in [-0.25, -0.2) is 4.98 Å². The average Bonchev–Trinajstić information content (AvgIpc) is 3.18. The van der Waals surface area contributed by atoms with Crippen LogP contribution < -0.4 is 4.74 Å². The number of para-hydroxylation sites is 2. The van der Waals surface area contributed by atoms with Gasteiger partial charge in [0.05, 0.1) is 15.2 Å². The Hall–Kier alpha value is -2.21. The Balaban J connectivity index is 1.25. The van der Waals surface area contributed by atoms with E-state index in [1.54, 1.807) is 0 Å². The largest absolute Gasteiger partial charge is 0.491 e. The van der Waals surface area contributed by atoms with Crippen LogP contribution in [-0.4, -0.2) is 47.3 Å². The van der Waals surface area contributed by atoms with Gasteiger partial charge in [0.25, 0.3) is 0 Å². The van der Waals surface area contributed by atoms with Crippen molar-refractivity contribution in [3.05, 3.63) is 71.8 Å². The minimum atomic E-state index is -0.495. The number of aliphatic hydroxyl groups is 1. The quantitative estimate of drug-likeness (QED) is 0.552. The molecule has 2 aromatic carbocycles. The van der Waals surface area contributed by atoms with Gasteiger partial charge in [0, 0.05) is 12.5 Å². The molecule has 1 aliphatic rings. The number of nitrogens with zero attached hydrogens (tertiary/aromatic N) is 2. The Labute approximate surface area is 176 Å². The summed E-state index contributed by atoms with van der Waals surface area (Å²) in [5.74, 6) is 1.36. The maximum atomic E-state index is 10.5. The predicted molar refractivity (Wildman–Crippen MR) is 120 cm³/mol. The van der Waals surface area contributed by atoms with Gasteiger partial charge in [-0.15, -0.1) is 17.9 Å². The Kier molecular flexibility index (Phi) is 6.60. The number of β-amino-alcohol motifs (C(OH)–C–C–N with tert-alkyl or cyclic N) is 1. The lowest BCUT2D eigenvalue weighted by molar-refractivity contribution is 0.0592. The van der Waals surface area contributed by atoms with Crippen molar-refractivity contribution in [1.82, 2.24) is 9.88 Å². The third-order valence-corrected chi connectivity index (χ3v) is 6.68. The van der Waals surface area contributed by atoms with Gasteiger partial charge < -0.3 is 14.7 Å². The second kappa shape index (κ2) is 9.53. The average molecular weight is 409 g/mol. The van der Waals surface area contributed by atoms with Gasteiger partial charge in [-0.3, -0.25) is 0 Å². The zero-order valence-corrected chi connectivity index (χ0v) is 17.5. The zero-order valence-electron chi connectivity index (χ0n) is 16.7. The molecule has 2 heterocycles. The van der Waals surface area contributed by atoms with Gasteiger partial charge in [0.15, 0.2) is 0 Å². The smallest absolute Gasteiger partial charge is 0.122 e. The molecule has 0 amide bonds. The number of rotatable bonds is 8. The van der Waals surface area contributed by atoms with Gasteiger partial charge in [0.2, 0.25) is 0 Å². The molecule has 1 unspecified atom stereocenters. The molecule has 1 atom stereocenters. The third kappa shape index (κ3) is 5.04. The number of allylic oxidation sites excluding steroid dienone is 1. The van der Waals surface area contributed by atoms with E-state index in [9.17, 15) is 5.11 Å². The van der Waals surface area contributed by atoms with Gasteiger partial charge in [-0.2, -0.15) is 0 Å². The van der Waals surface area contributed by atoms with Crippen molar-refractivity contribution in [2.75, 3.05) is 26.2 Å². The molecule has 4 rings (SSSR count). The second-order valence-electron chi connectivity index (χ2n) is 7.66. The van der Waals surface area contributed by atoms with Crippen LogP contribution >= 0.6 is 11.3 Å². The highest BCUT2D eigenvalue weighted by Crippen LogP contribution is 2.33. The minimum absolute atomic E-state index is 0.311. The summed E-state index contributed by atoms with van der Waals surface area (Å²) < 4.78 is 7.16. The van der Waals surface area contributed by atoms with E-state index >= 15 is 0 Å².